The molecule has 0 amide bonds. The van der Waals surface area contributed by atoms with E-state index in [9.17, 15) is 17.6 Å². The fraction of sp³-hybridized carbons (Fsp3) is 0. The second-order valence-corrected chi connectivity index (χ2v) is 4.56. The van der Waals surface area contributed by atoms with E-state index in [-0.39, 0.29) is 5.56 Å². The van der Waals surface area contributed by atoms with Crippen LogP contribution in [0.25, 0.3) is 17.2 Å². The van der Waals surface area contributed by atoms with Crippen LogP contribution >= 0.6 is 15.9 Å². The molecule has 0 nitrogen and oxygen atoms in total. The molecule has 2 aromatic carbocycles. The minimum Gasteiger partial charge on any atom is -0.203 e. The Morgan fingerprint density at radius 1 is 0.842 bits per heavy atom. The Labute approximate surface area is 115 Å². The molecule has 0 heterocycles. The van der Waals surface area contributed by atoms with Gasteiger partial charge in [0.15, 0.2) is 23.3 Å². The minimum atomic E-state index is -1.46. The Morgan fingerprint density at radius 2 is 1.32 bits per heavy atom. The topological polar surface area (TPSA) is 0 Å². The molecule has 2 aromatic rings. The van der Waals surface area contributed by atoms with Crippen LogP contribution in [0.1, 0.15) is 5.56 Å². The Balaban J connectivity index is 2.71. The molecule has 0 aliphatic rings. The third-order valence-electron chi connectivity index (χ3n) is 2.64. The van der Waals surface area contributed by atoms with E-state index in [4.69, 9.17) is 0 Å². The highest BCUT2D eigenvalue weighted by molar-refractivity contribution is 9.10. The summed E-state index contributed by atoms with van der Waals surface area (Å²) in [4.78, 5) is 0. The van der Waals surface area contributed by atoms with E-state index in [0.29, 0.717) is 0 Å². The van der Waals surface area contributed by atoms with E-state index < -0.39 is 33.3 Å². The summed E-state index contributed by atoms with van der Waals surface area (Å²) >= 11 is 2.47. The molecule has 0 saturated heterocycles. The van der Waals surface area contributed by atoms with E-state index in [0.717, 1.165) is 5.56 Å². The van der Waals surface area contributed by atoms with Gasteiger partial charge in [0.1, 0.15) is 0 Å². The lowest BCUT2D eigenvalue weighted by Gasteiger charge is -2.09. The van der Waals surface area contributed by atoms with E-state index in [1.165, 1.54) is 12.1 Å². The average Bonchev–Trinajstić information content (AvgIpc) is 2.44. The van der Waals surface area contributed by atoms with Gasteiger partial charge in [-0.05, 0) is 27.1 Å². The molecule has 0 N–H and O–H groups in total. The second kappa shape index (κ2) is 5.17. The van der Waals surface area contributed by atoms with Gasteiger partial charge in [0, 0.05) is 0 Å². The van der Waals surface area contributed by atoms with Crippen LogP contribution in [0.4, 0.5) is 17.6 Å². The van der Waals surface area contributed by atoms with Crippen LogP contribution in [0.2, 0.25) is 0 Å². The molecule has 0 unspecified atom stereocenters. The Kier molecular flexibility index (Phi) is 3.75. The summed E-state index contributed by atoms with van der Waals surface area (Å²) in [5.41, 5.74) is 0.0438. The first kappa shape index (κ1) is 13.8. The first-order valence-corrected chi connectivity index (χ1v) is 6.01. The standard InChI is InChI=1S/C14H7BrF4/c1-2-7-3-5-8(6-4-7)9-11(16)13(18)10(15)14(19)12(9)17/h2-6H,1H2. The Morgan fingerprint density at radius 3 is 1.74 bits per heavy atom. The molecule has 2 rings (SSSR count). The molecular weight excluding hydrogens is 324 g/mol. The number of rotatable bonds is 2. The molecule has 5 heteroatoms. The Bertz CT molecular complexity index is 618. The van der Waals surface area contributed by atoms with Crippen molar-refractivity contribution in [3.63, 3.8) is 0 Å². The van der Waals surface area contributed by atoms with Gasteiger partial charge in [0.05, 0.1) is 10.0 Å². The smallest absolute Gasteiger partial charge is 0.176 e. The zero-order chi connectivity index (χ0) is 14.2. The molecule has 19 heavy (non-hydrogen) atoms. The molecule has 0 saturated carbocycles. The van der Waals surface area contributed by atoms with Gasteiger partial charge in [0.2, 0.25) is 0 Å². The fourth-order valence-electron chi connectivity index (χ4n) is 1.64. The maximum absolute atomic E-state index is 13.7. The van der Waals surface area contributed by atoms with Gasteiger partial charge in [-0.25, -0.2) is 17.6 Å². The first-order chi connectivity index (χ1) is 8.97. The SMILES string of the molecule is C=Cc1ccc(-c2c(F)c(F)c(Br)c(F)c2F)cc1. The maximum atomic E-state index is 13.7. The van der Waals surface area contributed by atoms with Gasteiger partial charge in [-0.15, -0.1) is 0 Å². The number of halogens is 5. The highest BCUT2D eigenvalue weighted by atomic mass is 79.9. The van der Waals surface area contributed by atoms with Crippen molar-refractivity contribution >= 4 is 22.0 Å². The molecule has 0 aromatic heterocycles. The first-order valence-electron chi connectivity index (χ1n) is 5.21. The third-order valence-corrected chi connectivity index (χ3v) is 3.34. The van der Waals surface area contributed by atoms with Gasteiger partial charge in [0.25, 0.3) is 0 Å². The molecule has 0 radical (unpaired) electrons. The summed E-state index contributed by atoms with van der Waals surface area (Å²) in [6.07, 6.45) is 1.54. The van der Waals surface area contributed by atoms with Crippen LogP contribution < -0.4 is 0 Å². The summed E-state index contributed by atoms with van der Waals surface area (Å²) in [5, 5.41) is 0. The van der Waals surface area contributed by atoms with Crippen molar-refractivity contribution in [3.8, 4) is 11.1 Å². The van der Waals surface area contributed by atoms with Crippen LogP contribution in [0, 0.1) is 23.3 Å². The van der Waals surface area contributed by atoms with Crippen molar-refractivity contribution in [3.05, 3.63) is 64.1 Å². The summed E-state index contributed by atoms with van der Waals surface area (Å²) in [6, 6.07) is 5.81. The van der Waals surface area contributed by atoms with E-state index in [1.807, 2.05) is 0 Å². The molecule has 0 fully saturated rings. The molecule has 0 aliphatic carbocycles. The summed E-state index contributed by atoms with van der Waals surface area (Å²) in [7, 11) is 0. The fourth-order valence-corrected chi connectivity index (χ4v) is 1.99. The second-order valence-electron chi connectivity index (χ2n) is 3.77. The van der Waals surface area contributed by atoms with E-state index in [2.05, 4.69) is 22.5 Å². The summed E-state index contributed by atoms with van der Waals surface area (Å²) in [5.74, 6) is -5.78. The summed E-state index contributed by atoms with van der Waals surface area (Å²) in [6.45, 7) is 3.53. The van der Waals surface area contributed by atoms with Gasteiger partial charge in [-0.1, -0.05) is 36.9 Å². The zero-order valence-corrected chi connectivity index (χ0v) is 11.1. The van der Waals surface area contributed by atoms with Crippen LogP contribution in [0.5, 0.6) is 0 Å². The molecule has 0 aliphatic heterocycles. The zero-order valence-electron chi connectivity index (χ0n) is 9.48. The predicted molar refractivity (Wildman–Crippen MR) is 69.5 cm³/mol. The van der Waals surface area contributed by atoms with Crippen molar-refractivity contribution in [2.24, 2.45) is 0 Å². The monoisotopic (exact) mass is 330 g/mol. The molecule has 0 atom stereocenters. The lowest BCUT2D eigenvalue weighted by molar-refractivity contribution is 0.451. The van der Waals surface area contributed by atoms with Crippen LogP contribution in [0.3, 0.4) is 0 Å². The van der Waals surface area contributed by atoms with Crippen molar-refractivity contribution in [1.82, 2.24) is 0 Å². The molecule has 0 bridgehead atoms. The number of hydrogen-bond acceptors (Lipinski definition) is 0. The maximum Gasteiger partial charge on any atom is 0.176 e. The van der Waals surface area contributed by atoms with Crippen molar-refractivity contribution in [2.45, 2.75) is 0 Å². The normalized spacial score (nSPS) is 10.6. The highest BCUT2D eigenvalue weighted by Crippen LogP contribution is 2.34. The molecular formula is C14H7BrF4. The van der Waals surface area contributed by atoms with Crippen LogP contribution in [0.15, 0.2) is 35.3 Å². The highest BCUT2D eigenvalue weighted by Gasteiger charge is 2.24. The average molecular weight is 331 g/mol. The van der Waals surface area contributed by atoms with Crippen molar-refractivity contribution < 1.29 is 17.6 Å². The Hall–Kier alpha value is -1.62. The third kappa shape index (κ3) is 2.30. The molecule has 0 spiro atoms. The van der Waals surface area contributed by atoms with Crippen LogP contribution in [-0.4, -0.2) is 0 Å². The van der Waals surface area contributed by atoms with E-state index in [1.54, 1.807) is 18.2 Å². The van der Waals surface area contributed by atoms with Gasteiger partial charge in [-0.3, -0.25) is 0 Å². The van der Waals surface area contributed by atoms with Gasteiger partial charge in [-0.2, -0.15) is 0 Å². The number of benzene rings is 2. The van der Waals surface area contributed by atoms with E-state index >= 15 is 0 Å². The summed E-state index contributed by atoms with van der Waals surface area (Å²) < 4.78 is 53.5. The molecule has 98 valence electrons. The van der Waals surface area contributed by atoms with Crippen LogP contribution in [-0.2, 0) is 0 Å². The predicted octanol–water partition coefficient (Wildman–Crippen LogP) is 5.32. The quantitative estimate of drug-likeness (QED) is 0.397. The lowest BCUT2D eigenvalue weighted by Crippen LogP contribution is -2.00. The minimum absolute atomic E-state index is 0.0471. The van der Waals surface area contributed by atoms with Gasteiger partial charge >= 0.3 is 0 Å². The largest absolute Gasteiger partial charge is 0.203 e. The van der Waals surface area contributed by atoms with Crippen molar-refractivity contribution in [1.29, 1.82) is 0 Å². The lowest BCUT2D eigenvalue weighted by atomic mass is 10.0. The number of hydrogen-bond donors (Lipinski definition) is 0. The van der Waals surface area contributed by atoms with Crippen molar-refractivity contribution in [2.75, 3.05) is 0 Å². The van der Waals surface area contributed by atoms with Gasteiger partial charge < -0.3 is 0 Å².